The second-order valence-electron chi connectivity index (χ2n) is 6.49. The number of hydrogen-bond acceptors (Lipinski definition) is 4. The maximum atomic E-state index is 13.0. The standard InChI is InChI=1S/C20H20Cl2N2O3S/c1-27-18-15(22)7-6-14(21)17(18)20(26)24-10-8-12(9-11-24)23-19(25)13-4-2-3-5-16(13)28/h2-7,12,28H,8-11H2,1H3,(H,23,25). The van der Waals surface area contributed by atoms with Crippen molar-refractivity contribution >= 4 is 47.6 Å². The highest BCUT2D eigenvalue weighted by Gasteiger charge is 2.29. The first-order valence-electron chi connectivity index (χ1n) is 8.82. The average Bonchev–Trinajstić information content (AvgIpc) is 2.69. The number of hydrogen-bond donors (Lipinski definition) is 2. The molecule has 28 heavy (non-hydrogen) atoms. The molecule has 1 aliphatic rings. The van der Waals surface area contributed by atoms with Gasteiger partial charge in [0.15, 0.2) is 5.75 Å². The third-order valence-corrected chi connectivity index (χ3v) is 5.75. The van der Waals surface area contributed by atoms with Crippen LogP contribution < -0.4 is 10.1 Å². The lowest BCUT2D eigenvalue weighted by atomic mass is 10.0. The molecule has 0 saturated carbocycles. The first-order valence-corrected chi connectivity index (χ1v) is 10.0. The van der Waals surface area contributed by atoms with E-state index >= 15 is 0 Å². The Hall–Kier alpha value is -1.89. The molecule has 1 heterocycles. The summed E-state index contributed by atoms with van der Waals surface area (Å²) in [7, 11) is 1.45. The molecule has 1 aliphatic heterocycles. The van der Waals surface area contributed by atoms with Crippen LogP contribution in [0.4, 0.5) is 0 Å². The van der Waals surface area contributed by atoms with Crippen LogP contribution in [0.1, 0.15) is 33.6 Å². The van der Waals surface area contributed by atoms with E-state index in [0.717, 1.165) is 0 Å². The molecule has 0 unspecified atom stereocenters. The quantitative estimate of drug-likeness (QED) is 0.698. The third-order valence-electron chi connectivity index (χ3n) is 4.74. The number of nitrogens with one attached hydrogen (secondary N) is 1. The van der Waals surface area contributed by atoms with Gasteiger partial charge in [0.25, 0.3) is 11.8 Å². The van der Waals surface area contributed by atoms with Crippen LogP contribution in [0.2, 0.25) is 10.0 Å². The van der Waals surface area contributed by atoms with E-state index in [0.29, 0.717) is 46.4 Å². The van der Waals surface area contributed by atoms with Crippen molar-refractivity contribution in [2.24, 2.45) is 0 Å². The summed E-state index contributed by atoms with van der Waals surface area (Å²) in [6.45, 7) is 0.997. The van der Waals surface area contributed by atoms with Crippen LogP contribution in [-0.2, 0) is 0 Å². The molecule has 0 atom stereocenters. The monoisotopic (exact) mass is 438 g/mol. The van der Waals surface area contributed by atoms with Gasteiger partial charge in [-0.2, -0.15) is 0 Å². The van der Waals surface area contributed by atoms with E-state index in [4.69, 9.17) is 27.9 Å². The number of benzene rings is 2. The van der Waals surface area contributed by atoms with Gasteiger partial charge in [-0.1, -0.05) is 35.3 Å². The lowest BCUT2D eigenvalue weighted by Gasteiger charge is -2.33. The topological polar surface area (TPSA) is 58.6 Å². The highest BCUT2D eigenvalue weighted by molar-refractivity contribution is 7.80. The Balaban J connectivity index is 1.65. The zero-order valence-electron chi connectivity index (χ0n) is 15.2. The number of thiol groups is 1. The van der Waals surface area contributed by atoms with Crippen LogP contribution >= 0.6 is 35.8 Å². The maximum absolute atomic E-state index is 13.0. The molecule has 148 valence electrons. The molecule has 5 nitrogen and oxygen atoms in total. The third kappa shape index (κ3) is 4.40. The molecular formula is C20H20Cl2N2O3S. The van der Waals surface area contributed by atoms with Crippen molar-refractivity contribution in [3.63, 3.8) is 0 Å². The van der Waals surface area contributed by atoms with Gasteiger partial charge in [0, 0.05) is 24.0 Å². The Morgan fingerprint density at radius 1 is 1.11 bits per heavy atom. The van der Waals surface area contributed by atoms with Crippen LogP contribution in [0.15, 0.2) is 41.3 Å². The predicted octanol–water partition coefficient (Wildman–Crippen LogP) is 4.33. The van der Waals surface area contributed by atoms with Crippen LogP contribution in [0.5, 0.6) is 5.75 Å². The number of methoxy groups -OCH3 is 1. The van der Waals surface area contributed by atoms with Crippen LogP contribution in [0, 0.1) is 0 Å². The summed E-state index contributed by atoms with van der Waals surface area (Å²) in [5, 5.41) is 3.65. The molecule has 0 aromatic heterocycles. The van der Waals surface area contributed by atoms with Gasteiger partial charge in [0.1, 0.15) is 5.56 Å². The fourth-order valence-electron chi connectivity index (χ4n) is 3.25. The molecule has 8 heteroatoms. The highest BCUT2D eigenvalue weighted by atomic mass is 35.5. The molecule has 0 bridgehead atoms. The number of rotatable bonds is 4. The number of ether oxygens (including phenoxy) is 1. The molecular weight excluding hydrogens is 419 g/mol. The summed E-state index contributed by atoms with van der Waals surface area (Å²) in [4.78, 5) is 27.7. The Labute approximate surface area is 179 Å². The summed E-state index contributed by atoms with van der Waals surface area (Å²) >= 11 is 16.7. The van der Waals surface area contributed by atoms with Gasteiger partial charge < -0.3 is 15.0 Å². The van der Waals surface area contributed by atoms with Gasteiger partial charge in [-0.3, -0.25) is 9.59 Å². The van der Waals surface area contributed by atoms with E-state index in [1.165, 1.54) is 7.11 Å². The van der Waals surface area contributed by atoms with Crippen molar-refractivity contribution in [2.45, 2.75) is 23.8 Å². The number of nitrogens with zero attached hydrogens (tertiary/aromatic N) is 1. The Morgan fingerprint density at radius 2 is 1.75 bits per heavy atom. The van der Waals surface area contributed by atoms with Gasteiger partial charge in [0.2, 0.25) is 0 Å². The fraction of sp³-hybridized carbons (Fsp3) is 0.300. The SMILES string of the molecule is COc1c(Cl)ccc(Cl)c1C(=O)N1CCC(NC(=O)c2ccccc2S)CC1. The summed E-state index contributed by atoms with van der Waals surface area (Å²) in [6.07, 6.45) is 1.29. The number of halogens is 2. The predicted molar refractivity (Wildman–Crippen MR) is 113 cm³/mol. The minimum atomic E-state index is -0.227. The number of piperidine rings is 1. The van der Waals surface area contributed by atoms with Crippen molar-refractivity contribution in [3.05, 3.63) is 57.6 Å². The Morgan fingerprint density at radius 3 is 2.39 bits per heavy atom. The number of likely N-dealkylation sites (tertiary alicyclic amines) is 1. The highest BCUT2D eigenvalue weighted by Crippen LogP contribution is 2.35. The molecule has 0 radical (unpaired) electrons. The van der Waals surface area contributed by atoms with Gasteiger partial charge >= 0.3 is 0 Å². The van der Waals surface area contributed by atoms with Crippen molar-refractivity contribution < 1.29 is 14.3 Å². The molecule has 3 rings (SSSR count). The maximum Gasteiger partial charge on any atom is 0.259 e. The molecule has 1 saturated heterocycles. The van der Waals surface area contributed by atoms with E-state index in [1.807, 2.05) is 6.07 Å². The molecule has 2 amide bonds. The first-order chi connectivity index (χ1) is 13.4. The molecule has 2 aromatic carbocycles. The van der Waals surface area contributed by atoms with Gasteiger partial charge in [-0.15, -0.1) is 12.6 Å². The molecule has 1 fully saturated rings. The van der Waals surface area contributed by atoms with Gasteiger partial charge in [-0.05, 0) is 37.1 Å². The zero-order chi connectivity index (χ0) is 20.3. The van der Waals surface area contributed by atoms with Gasteiger partial charge in [0.05, 0.1) is 22.7 Å². The summed E-state index contributed by atoms with van der Waals surface area (Å²) < 4.78 is 5.27. The second kappa shape index (κ2) is 9.07. The summed E-state index contributed by atoms with van der Waals surface area (Å²) in [5.41, 5.74) is 0.808. The minimum Gasteiger partial charge on any atom is -0.494 e. The number of carbonyl (C=O) groups excluding carboxylic acids is 2. The Bertz CT molecular complexity index is 899. The van der Waals surface area contributed by atoms with Gasteiger partial charge in [-0.25, -0.2) is 0 Å². The smallest absolute Gasteiger partial charge is 0.259 e. The molecule has 1 N–H and O–H groups in total. The van der Waals surface area contributed by atoms with Crippen molar-refractivity contribution in [1.82, 2.24) is 10.2 Å². The zero-order valence-corrected chi connectivity index (χ0v) is 17.7. The summed E-state index contributed by atoms with van der Waals surface area (Å²) in [6, 6.07) is 10.3. The lowest BCUT2D eigenvalue weighted by molar-refractivity contribution is 0.0695. The number of amides is 2. The van der Waals surface area contributed by atoms with Crippen molar-refractivity contribution in [1.29, 1.82) is 0 Å². The lowest BCUT2D eigenvalue weighted by Crippen LogP contribution is -2.46. The van der Waals surface area contributed by atoms with Crippen LogP contribution in [0.3, 0.4) is 0 Å². The van der Waals surface area contributed by atoms with Crippen molar-refractivity contribution in [3.8, 4) is 5.75 Å². The van der Waals surface area contributed by atoms with Crippen LogP contribution in [0.25, 0.3) is 0 Å². The van der Waals surface area contributed by atoms with E-state index in [9.17, 15) is 9.59 Å². The summed E-state index contributed by atoms with van der Waals surface area (Å²) in [5.74, 6) is -0.107. The van der Waals surface area contributed by atoms with E-state index in [2.05, 4.69) is 17.9 Å². The normalized spacial score (nSPS) is 14.6. The molecule has 2 aromatic rings. The first kappa shape index (κ1) is 20.8. The Kier molecular flexibility index (Phi) is 6.75. The van der Waals surface area contributed by atoms with E-state index in [1.54, 1.807) is 35.2 Å². The van der Waals surface area contributed by atoms with E-state index in [-0.39, 0.29) is 29.2 Å². The minimum absolute atomic E-state index is 0.0128. The molecule has 0 spiro atoms. The number of carbonyl (C=O) groups is 2. The second-order valence-corrected chi connectivity index (χ2v) is 7.79. The average molecular weight is 439 g/mol. The van der Waals surface area contributed by atoms with Crippen molar-refractivity contribution in [2.75, 3.05) is 20.2 Å². The van der Waals surface area contributed by atoms with Crippen LogP contribution in [-0.4, -0.2) is 43.0 Å². The fourth-order valence-corrected chi connectivity index (χ4v) is 3.97. The van der Waals surface area contributed by atoms with E-state index < -0.39 is 0 Å². The largest absolute Gasteiger partial charge is 0.494 e. The molecule has 0 aliphatic carbocycles.